The first-order valence-electron chi connectivity index (χ1n) is 9.60. The molecule has 3 heteroatoms. The molecule has 0 aromatic heterocycles. The van der Waals surface area contributed by atoms with Crippen LogP contribution in [0.25, 0.3) is 0 Å². The molecule has 0 aliphatic carbocycles. The van der Waals surface area contributed by atoms with Crippen LogP contribution in [-0.4, -0.2) is 30.0 Å². The quantitative estimate of drug-likeness (QED) is 0.605. The van der Waals surface area contributed by atoms with Gasteiger partial charge in [-0.3, -0.25) is 9.69 Å². The summed E-state index contributed by atoms with van der Waals surface area (Å²) in [4.78, 5) is 15.7. The molecule has 2 bridgehead atoms. The molecule has 4 rings (SSSR count). The van der Waals surface area contributed by atoms with Crippen molar-refractivity contribution < 1.29 is 9.53 Å². The molecule has 4 atom stereocenters. The van der Waals surface area contributed by atoms with E-state index >= 15 is 0 Å². The first kappa shape index (κ1) is 17.3. The van der Waals surface area contributed by atoms with Crippen molar-refractivity contribution in [2.45, 2.75) is 51.1 Å². The minimum Gasteiger partial charge on any atom is -0.426 e. The predicted molar refractivity (Wildman–Crippen MR) is 103 cm³/mol. The van der Waals surface area contributed by atoms with E-state index in [0.29, 0.717) is 11.8 Å². The molecule has 26 heavy (non-hydrogen) atoms. The lowest BCUT2D eigenvalue weighted by Gasteiger charge is -2.42. The molecule has 0 unspecified atom stereocenters. The summed E-state index contributed by atoms with van der Waals surface area (Å²) >= 11 is 0. The Labute approximate surface area is 156 Å². The third kappa shape index (κ3) is 3.05. The van der Waals surface area contributed by atoms with Crippen LogP contribution in [-0.2, 0) is 4.79 Å². The first-order chi connectivity index (χ1) is 12.5. The number of para-hydroxylation sites is 1. The first-order valence-corrected chi connectivity index (χ1v) is 9.60. The van der Waals surface area contributed by atoms with Gasteiger partial charge >= 0.3 is 5.97 Å². The molecular formula is C23H27NO2. The van der Waals surface area contributed by atoms with E-state index in [9.17, 15) is 4.79 Å². The average molecular weight is 349 g/mol. The topological polar surface area (TPSA) is 29.5 Å². The summed E-state index contributed by atoms with van der Waals surface area (Å²) < 4.78 is 5.89. The number of fused-ring (bicyclic) bond motifs is 2. The molecule has 0 N–H and O–H groups in total. The second-order valence-corrected chi connectivity index (χ2v) is 7.93. The van der Waals surface area contributed by atoms with Crippen LogP contribution in [0.4, 0.5) is 0 Å². The molecule has 136 valence electrons. The Balaban J connectivity index is 1.65. The van der Waals surface area contributed by atoms with Gasteiger partial charge in [0.1, 0.15) is 5.75 Å². The number of ether oxygens (including phenoxy) is 1. The maximum Gasteiger partial charge on any atom is 0.316 e. The van der Waals surface area contributed by atoms with Gasteiger partial charge in [0.05, 0.1) is 5.92 Å². The molecule has 2 heterocycles. The van der Waals surface area contributed by atoms with Gasteiger partial charge in [0, 0.05) is 18.0 Å². The van der Waals surface area contributed by atoms with Gasteiger partial charge in [-0.05, 0) is 57.4 Å². The largest absolute Gasteiger partial charge is 0.426 e. The van der Waals surface area contributed by atoms with Gasteiger partial charge < -0.3 is 4.74 Å². The van der Waals surface area contributed by atoms with Crippen LogP contribution in [0.1, 0.15) is 41.9 Å². The second-order valence-electron chi connectivity index (χ2n) is 7.93. The van der Waals surface area contributed by atoms with Crippen molar-refractivity contribution in [1.82, 2.24) is 4.90 Å². The molecule has 2 fully saturated rings. The Morgan fingerprint density at radius 2 is 1.77 bits per heavy atom. The molecule has 0 spiro atoms. The zero-order valence-corrected chi connectivity index (χ0v) is 15.8. The van der Waals surface area contributed by atoms with E-state index in [4.69, 9.17) is 4.74 Å². The molecule has 0 amide bonds. The van der Waals surface area contributed by atoms with E-state index in [0.717, 1.165) is 18.4 Å². The maximum absolute atomic E-state index is 13.3. The molecule has 0 saturated carbocycles. The van der Waals surface area contributed by atoms with E-state index in [1.54, 1.807) is 0 Å². The Hall–Kier alpha value is -2.13. The number of hydrogen-bond acceptors (Lipinski definition) is 3. The fraction of sp³-hybridized carbons (Fsp3) is 0.435. The van der Waals surface area contributed by atoms with Crippen LogP contribution in [0, 0.1) is 19.8 Å². The van der Waals surface area contributed by atoms with Crippen LogP contribution < -0.4 is 4.74 Å². The van der Waals surface area contributed by atoms with Crippen molar-refractivity contribution in [3.63, 3.8) is 0 Å². The summed E-state index contributed by atoms with van der Waals surface area (Å²) in [6.07, 6.45) is 3.29. The van der Waals surface area contributed by atoms with Crippen molar-refractivity contribution >= 4 is 5.97 Å². The molecule has 2 aromatic carbocycles. The van der Waals surface area contributed by atoms with Crippen molar-refractivity contribution in [1.29, 1.82) is 0 Å². The molecule has 2 aliphatic rings. The van der Waals surface area contributed by atoms with Gasteiger partial charge in [-0.15, -0.1) is 0 Å². The number of benzene rings is 2. The van der Waals surface area contributed by atoms with Gasteiger partial charge in [0.2, 0.25) is 0 Å². The Morgan fingerprint density at radius 3 is 2.50 bits per heavy atom. The van der Waals surface area contributed by atoms with Gasteiger partial charge in [0.15, 0.2) is 0 Å². The smallest absolute Gasteiger partial charge is 0.316 e. The number of piperidine rings is 1. The van der Waals surface area contributed by atoms with Gasteiger partial charge in [-0.1, -0.05) is 48.0 Å². The highest BCUT2D eigenvalue weighted by molar-refractivity contribution is 5.78. The van der Waals surface area contributed by atoms with Gasteiger partial charge in [-0.25, -0.2) is 0 Å². The number of nitrogens with zero attached hydrogens (tertiary/aromatic N) is 1. The minimum absolute atomic E-state index is 0.0814. The molecule has 2 aliphatic heterocycles. The SMILES string of the molecule is Cc1ccc([C@H]2C[C@@H]3CC[C@H]([C@H]2C(=O)Oc2ccccc2C)N3C)cc1. The molecule has 3 nitrogen and oxygen atoms in total. The van der Waals surface area contributed by atoms with Crippen LogP contribution in [0.15, 0.2) is 48.5 Å². The Bertz CT molecular complexity index is 798. The monoisotopic (exact) mass is 349 g/mol. The number of hydrogen-bond donors (Lipinski definition) is 0. The zero-order chi connectivity index (χ0) is 18.3. The van der Waals surface area contributed by atoms with Crippen LogP contribution in [0.3, 0.4) is 0 Å². The lowest BCUT2D eigenvalue weighted by atomic mass is 9.76. The fourth-order valence-corrected chi connectivity index (χ4v) is 4.79. The standard InChI is InChI=1S/C23H27NO2/c1-15-8-10-17(11-9-15)19-14-18-12-13-20(24(18)3)22(19)23(25)26-21-7-5-4-6-16(21)2/h4-11,18-20,22H,12-14H2,1-3H3/t18-,19+,20+,22-/m0/s1. The van der Waals surface area contributed by atoms with Crippen molar-refractivity contribution in [2.24, 2.45) is 5.92 Å². The molecule has 0 radical (unpaired) electrons. The van der Waals surface area contributed by atoms with E-state index in [2.05, 4.69) is 43.1 Å². The molecular weight excluding hydrogens is 322 g/mol. The van der Waals surface area contributed by atoms with E-state index in [-0.39, 0.29) is 23.8 Å². The number of aryl methyl sites for hydroxylation is 2. The minimum atomic E-state index is -0.110. The summed E-state index contributed by atoms with van der Waals surface area (Å²) in [5.74, 6) is 0.729. The number of rotatable bonds is 3. The summed E-state index contributed by atoms with van der Waals surface area (Å²) in [6, 6.07) is 17.3. The van der Waals surface area contributed by atoms with Crippen LogP contribution >= 0.6 is 0 Å². The van der Waals surface area contributed by atoms with Crippen molar-refractivity contribution in [2.75, 3.05) is 7.05 Å². The fourth-order valence-electron chi connectivity index (χ4n) is 4.79. The predicted octanol–water partition coefficient (Wildman–Crippen LogP) is 4.48. The van der Waals surface area contributed by atoms with E-state index in [1.807, 2.05) is 31.2 Å². The van der Waals surface area contributed by atoms with Gasteiger partial charge in [0.25, 0.3) is 0 Å². The van der Waals surface area contributed by atoms with Crippen LogP contribution in [0.5, 0.6) is 5.75 Å². The molecule has 2 aromatic rings. The van der Waals surface area contributed by atoms with Crippen LogP contribution in [0.2, 0.25) is 0 Å². The summed E-state index contributed by atoms with van der Waals surface area (Å²) in [7, 11) is 2.17. The third-order valence-corrected chi connectivity index (χ3v) is 6.35. The summed E-state index contributed by atoms with van der Waals surface area (Å²) in [5, 5.41) is 0. The van der Waals surface area contributed by atoms with Gasteiger partial charge in [-0.2, -0.15) is 0 Å². The maximum atomic E-state index is 13.3. The number of carbonyl (C=O) groups excluding carboxylic acids is 1. The summed E-state index contributed by atoms with van der Waals surface area (Å²) in [5.41, 5.74) is 3.53. The second kappa shape index (κ2) is 6.88. The lowest BCUT2D eigenvalue weighted by molar-refractivity contribution is -0.143. The zero-order valence-electron chi connectivity index (χ0n) is 15.8. The normalized spacial score (nSPS) is 28.1. The summed E-state index contributed by atoms with van der Waals surface area (Å²) in [6.45, 7) is 4.09. The van der Waals surface area contributed by atoms with E-state index in [1.165, 1.54) is 17.5 Å². The molecule has 2 saturated heterocycles. The average Bonchev–Trinajstić information content (AvgIpc) is 2.87. The lowest BCUT2D eigenvalue weighted by Crippen LogP contribution is -2.49. The Morgan fingerprint density at radius 1 is 1.04 bits per heavy atom. The highest BCUT2D eigenvalue weighted by Crippen LogP contribution is 2.46. The highest BCUT2D eigenvalue weighted by Gasteiger charge is 2.49. The number of esters is 1. The number of carbonyl (C=O) groups is 1. The van der Waals surface area contributed by atoms with Crippen molar-refractivity contribution in [3.05, 3.63) is 65.2 Å². The highest BCUT2D eigenvalue weighted by atomic mass is 16.5. The Kier molecular flexibility index (Phi) is 4.58. The third-order valence-electron chi connectivity index (χ3n) is 6.35. The van der Waals surface area contributed by atoms with Crippen molar-refractivity contribution in [3.8, 4) is 5.75 Å². The van der Waals surface area contributed by atoms with E-state index < -0.39 is 0 Å².